The lowest BCUT2D eigenvalue weighted by atomic mass is 10.1. The van der Waals surface area contributed by atoms with Crippen LogP contribution in [0.25, 0.3) is 0 Å². The number of hydrogen-bond acceptors (Lipinski definition) is 3. The first-order valence-electron chi connectivity index (χ1n) is 11.8. The maximum Gasteiger partial charge on any atom is 0.261 e. The maximum absolute atomic E-state index is 13.4. The van der Waals surface area contributed by atoms with Gasteiger partial charge in [-0.05, 0) is 74.4 Å². The summed E-state index contributed by atoms with van der Waals surface area (Å²) in [5, 5.41) is 3.18. The van der Waals surface area contributed by atoms with Crippen molar-refractivity contribution in [3.05, 3.63) is 63.1 Å². The SMILES string of the molecule is CC[C@@H](C(=O)NC1CCCC1)N(Cc1ccccc1C)C(=O)COc1cc(C)c(Br)c(C)c1. The van der Waals surface area contributed by atoms with E-state index in [1.807, 2.05) is 64.1 Å². The molecule has 0 spiro atoms. The van der Waals surface area contributed by atoms with Crippen LogP contribution in [0.4, 0.5) is 0 Å². The van der Waals surface area contributed by atoms with Crippen molar-refractivity contribution >= 4 is 27.7 Å². The zero-order chi connectivity index (χ0) is 24.0. The lowest BCUT2D eigenvalue weighted by Crippen LogP contribution is -2.52. The third-order valence-electron chi connectivity index (χ3n) is 6.46. The topological polar surface area (TPSA) is 58.6 Å². The number of nitrogens with one attached hydrogen (secondary N) is 1. The van der Waals surface area contributed by atoms with Crippen molar-refractivity contribution in [1.29, 1.82) is 0 Å². The van der Waals surface area contributed by atoms with Crippen LogP contribution in [0.15, 0.2) is 40.9 Å². The molecular formula is C27H35BrN2O3. The molecule has 0 bridgehead atoms. The van der Waals surface area contributed by atoms with Crippen LogP contribution in [0, 0.1) is 20.8 Å². The van der Waals surface area contributed by atoms with E-state index in [9.17, 15) is 9.59 Å². The molecule has 1 aliphatic rings. The summed E-state index contributed by atoms with van der Waals surface area (Å²) in [6.45, 7) is 8.25. The molecule has 0 unspecified atom stereocenters. The lowest BCUT2D eigenvalue weighted by Gasteiger charge is -2.32. The molecular weight excluding hydrogens is 480 g/mol. The normalized spacial score (nSPS) is 14.7. The Balaban J connectivity index is 1.79. The minimum atomic E-state index is -0.533. The Hall–Kier alpha value is -2.34. The van der Waals surface area contributed by atoms with Crippen LogP contribution in [-0.4, -0.2) is 35.4 Å². The van der Waals surface area contributed by atoms with Crippen molar-refractivity contribution in [1.82, 2.24) is 10.2 Å². The molecule has 0 aromatic heterocycles. The highest BCUT2D eigenvalue weighted by Crippen LogP contribution is 2.26. The number of hydrogen-bond donors (Lipinski definition) is 1. The molecule has 33 heavy (non-hydrogen) atoms. The maximum atomic E-state index is 13.4. The van der Waals surface area contributed by atoms with Crippen molar-refractivity contribution in [3.63, 3.8) is 0 Å². The van der Waals surface area contributed by atoms with Gasteiger partial charge in [-0.25, -0.2) is 0 Å². The summed E-state index contributed by atoms with van der Waals surface area (Å²) in [6, 6.07) is 11.5. The second-order valence-corrected chi connectivity index (χ2v) is 9.81. The fraction of sp³-hybridized carbons (Fsp3) is 0.481. The van der Waals surface area contributed by atoms with Gasteiger partial charge in [0.25, 0.3) is 5.91 Å². The van der Waals surface area contributed by atoms with E-state index in [1.54, 1.807) is 4.90 Å². The zero-order valence-electron chi connectivity index (χ0n) is 20.1. The van der Waals surface area contributed by atoms with Gasteiger partial charge in [0, 0.05) is 17.1 Å². The minimum absolute atomic E-state index is 0.0679. The first-order chi connectivity index (χ1) is 15.8. The molecule has 0 aliphatic heterocycles. The van der Waals surface area contributed by atoms with Gasteiger partial charge in [0.05, 0.1) is 0 Å². The average molecular weight is 515 g/mol. The van der Waals surface area contributed by atoms with E-state index in [-0.39, 0.29) is 24.5 Å². The number of benzene rings is 2. The first kappa shape index (κ1) is 25.3. The van der Waals surface area contributed by atoms with E-state index in [0.29, 0.717) is 18.7 Å². The van der Waals surface area contributed by atoms with Gasteiger partial charge >= 0.3 is 0 Å². The molecule has 2 amide bonds. The third kappa shape index (κ3) is 6.59. The van der Waals surface area contributed by atoms with E-state index < -0.39 is 6.04 Å². The number of halogens is 1. The molecule has 1 aliphatic carbocycles. The van der Waals surface area contributed by atoms with Crippen LogP contribution in [0.3, 0.4) is 0 Å². The summed E-state index contributed by atoms with van der Waals surface area (Å²) >= 11 is 3.57. The van der Waals surface area contributed by atoms with Crippen LogP contribution in [0.1, 0.15) is 61.3 Å². The largest absolute Gasteiger partial charge is 0.484 e. The van der Waals surface area contributed by atoms with Gasteiger partial charge in [-0.3, -0.25) is 9.59 Å². The zero-order valence-corrected chi connectivity index (χ0v) is 21.7. The Bertz CT molecular complexity index is 962. The molecule has 0 saturated heterocycles. The van der Waals surface area contributed by atoms with E-state index in [0.717, 1.165) is 52.4 Å². The number of nitrogens with zero attached hydrogens (tertiary/aromatic N) is 1. The summed E-state index contributed by atoms with van der Waals surface area (Å²) in [4.78, 5) is 28.3. The predicted octanol–water partition coefficient (Wildman–Crippen LogP) is 5.62. The Labute approximate surface area is 206 Å². The molecule has 1 saturated carbocycles. The second-order valence-electron chi connectivity index (χ2n) is 9.02. The van der Waals surface area contributed by atoms with Gasteiger partial charge in [-0.15, -0.1) is 0 Å². The number of aryl methyl sites for hydroxylation is 3. The number of rotatable bonds is 9. The molecule has 6 heteroatoms. The molecule has 2 aromatic rings. The Morgan fingerprint density at radius 1 is 1.09 bits per heavy atom. The molecule has 0 heterocycles. The van der Waals surface area contributed by atoms with Gasteiger partial charge in [0.2, 0.25) is 5.91 Å². The van der Waals surface area contributed by atoms with Crippen LogP contribution in [-0.2, 0) is 16.1 Å². The van der Waals surface area contributed by atoms with E-state index >= 15 is 0 Å². The number of carbonyl (C=O) groups excluding carboxylic acids is 2. The van der Waals surface area contributed by atoms with E-state index in [1.165, 1.54) is 0 Å². The Morgan fingerprint density at radius 3 is 2.33 bits per heavy atom. The quantitative estimate of drug-likeness (QED) is 0.472. The van der Waals surface area contributed by atoms with Gasteiger partial charge < -0.3 is 15.0 Å². The molecule has 2 aromatic carbocycles. The molecule has 5 nitrogen and oxygen atoms in total. The number of carbonyl (C=O) groups is 2. The van der Waals surface area contributed by atoms with Crippen LogP contribution in [0.5, 0.6) is 5.75 Å². The highest BCUT2D eigenvalue weighted by atomic mass is 79.9. The van der Waals surface area contributed by atoms with Crippen molar-refractivity contribution in [2.75, 3.05) is 6.61 Å². The molecule has 0 radical (unpaired) electrons. The summed E-state index contributed by atoms with van der Waals surface area (Å²) in [5.41, 5.74) is 4.24. The van der Waals surface area contributed by atoms with Gasteiger partial charge in [0.15, 0.2) is 6.61 Å². The predicted molar refractivity (Wildman–Crippen MR) is 135 cm³/mol. The Morgan fingerprint density at radius 2 is 1.73 bits per heavy atom. The highest BCUT2D eigenvalue weighted by molar-refractivity contribution is 9.10. The summed E-state index contributed by atoms with van der Waals surface area (Å²) in [7, 11) is 0. The van der Waals surface area contributed by atoms with Crippen molar-refractivity contribution in [2.45, 2.75) is 78.4 Å². The smallest absolute Gasteiger partial charge is 0.261 e. The monoisotopic (exact) mass is 514 g/mol. The molecule has 1 atom stereocenters. The fourth-order valence-electron chi connectivity index (χ4n) is 4.48. The molecule has 178 valence electrons. The fourth-order valence-corrected chi connectivity index (χ4v) is 4.70. The van der Waals surface area contributed by atoms with Crippen molar-refractivity contribution in [2.24, 2.45) is 0 Å². The third-order valence-corrected chi connectivity index (χ3v) is 7.71. The van der Waals surface area contributed by atoms with Gasteiger partial charge in [-0.2, -0.15) is 0 Å². The second kappa shape index (κ2) is 11.7. The van der Waals surface area contributed by atoms with Crippen LogP contribution >= 0.6 is 15.9 Å². The van der Waals surface area contributed by atoms with E-state index in [2.05, 4.69) is 21.2 Å². The minimum Gasteiger partial charge on any atom is -0.484 e. The van der Waals surface area contributed by atoms with Crippen LogP contribution < -0.4 is 10.1 Å². The van der Waals surface area contributed by atoms with Crippen LogP contribution in [0.2, 0.25) is 0 Å². The lowest BCUT2D eigenvalue weighted by molar-refractivity contribution is -0.143. The first-order valence-corrected chi connectivity index (χ1v) is 12.6. The summed E-state index contributed by atoms with van der Waals surface area (Å²) in [6.07, 6.45) is 4.87. The van der Waals surface area contributed by atoms with Gasteiger partial charge in [0.1, 0.15) is 11.8 Å². The number of amides is 2. The van der Waals surface area contributed by atoms with E-state index in [4.69, 9.17) is 4.74 Å². The Kier molecular flexibility index (Phi) is 8.95. The molecule has 3 rings (SSSR count). The highest BCUT2D eigenvalue weighted by Gasteiger charge is 2.31. The summed E-state index contributed by atoms with van der Waals surface area (Å²) in [5.74, 6) is 0.396. The van der Waals surface area contributed by atoms with Crippen molar-refractivity contribution in [3.8, 4) is 5.75 Å². The number of ether oxygens (including phenoxy) is 1. The van der Waals surface area contributed by atoms with Gasteiger partial charge in [-0.1, -0.05) is 60.0 Å². The molecule has 1 N–H and O–H groups in total. The summed E-state index contributed by atoms with van der Waals surface area (Å²) < 4.78 is 6.94. The molecule has 1 fully saturated rings. The standard InChI is InChI=1S/C27H35BrN2O3/c1-5-24(27(32)29-22-12-8-9-13-22)30(16-21-11-7-6-10-18(21)2)25(31)17-33-23-14-19(3)26(28)20(4)15-23/h6-7,10-11,14-15,22,24H,5,8-9,12-13,16-17H2,1-4H3,(H,29,32)/t24-/m0/s1. The van der Waals surface area contributed by atoms with Crippen molar-refractivity contribution < 1.29 is 14.3 Å². The average Bonchev–Trinajstić information content (AvgIpc) is 3.29.